The van der Waals surface area contributed by atoms with Gasteiger partial charge in [0.25, 0.3) is 0 Å². The molecule has 6 heteroatoms. The molecule has 1 aliphatic heterocycles. The van der Waals surface area contributed by atoms with Crippen molar-refractivity contribution < 1.29 is 13.2 Å². The zero-order valence-electron chi connectivity index (χ0n) is 10.8. The molecule has 0 radical (unpaired) electrons. The molecule has 0 saturated carbocycles. The minimum atomic E-state index is -4.17. The normalized spacial score (nSPS) is 17.6. The average molecular weight is 290 g/mol. The van der Waals surface area contributed by atoms with E-state index in [1.165, 1.54) is 16.5 Å². The molecule has 0 spiro atoms. The molecule has 19 heavy (non-hydrogen) atoms. The fourth-order valence-electron chi connectivity index (χ4n) is 2.20. The minimum Gasteiger partial charge on any atom is -0.326 e. The summed E-state index contributed by atoms with van der Waals surface area (Å²) >= 11 is 1.66. The fourth-order valence-corrected chi connectivity index (χ4v) is 3.13. The highest BCUT2D eigenvalue weighted by molar-refractivity contribution is 7.12. The van der Waals surface area contributed by atoms with Crippen LogP contribution in [-0.2, 0) is 13.1 Å². The third-order valence-corrected chi connectivity index (χ3v) is 4.44. The van der Waals surface area contributed by atoms with E-state index in [1.807, 2.05) is 11.8 Å². The maximum atomic E-state index is 12.5. The molecule has 0 aromatic carbocycles. The summed E-state index contributed by atoms with van der Waals surface area (Å²) in [7, 11) is 0. The number of nitrogens with two attached hydrogens (primary N) is 1. The minimum absolute atomic E-state index is 0.0798. The first kappa shape index (κ1) is 14.6. The summed E-state index contributed by atoms with van der Waals surface area (Å²) in [6, 6.07) is 2.06. The van der Waals surface area contributed by atoms with Crippen LogP contribution in [-0.4, -0.2) is 24.2 Å². The standard InChI is InChI=1S/C13H17F3N2S/c1-9-10(6-12(7-17)19-9)8-18-4-2-11(3-5-18)13(14,15)16/h2,6H,3-5,7-8,17H2,1H3. The van der Waals surface area contributed by atoms with Crippen LogP contribution in [0.3, 0.4) is 0 Å². The molecule has 0 aliphatic carbocycles. The van der Waals surface area contributed by atoms with Crippen LogP contribution in [0.4, 0.5) is 13.2 Å². The molecule has 106 valence electrons. The van der Waals surface area contributed by atoms with Crippen LogP contribution in [0.1, 0.15) is 21.7 Å². The number of thiophene rings is 1. The maximum absolute atomic E-state index is 12.5. The number of hydrogen-bond acceptors (Lipinski definition) is 3. The zero-order valence-corrected chi connectivity index (χ0v) is 11.6. The van der Waals surface area contributed by atoms with Gasteiger partial charge in [0.15, 0.2) is 0 Å². The lowest BCUT2D eigenvalue weighted by atomic mass is 10.1. The topological polar surface area (TPSA) is 29.3 Å². The number of rotatable bonds is 3. The third kappa shape index (κ3) is 3.58. The Balaban J connectivity index is 1.99. The van der Waals surface area contributed by atoms with Crippen LogP contribution < -0.4 is 5.73 Å². The quantitative estimate of drug-likeness (QED) is 0.866. The maximum Gasteiger partial charge on any atom is 0.412 e. The van der Waals surface area contributed by atoms with Crippen LogP contribution in [0.2, 0.25) is 0 Å². The van der Waals surface area contributed by atoms with Gasteiger partial charge in [-0.1, -0.05) is 6.08 Å². The van der Waals surface area contributed by atoms with Crippen molar-refractivity contribution in [2.45, 2.75) is 32.6 Å². The van der Waals surface area contributed by atoms with Gasteiger partial charge in [-0.3, -0.25) is 4.90 Å². The Hall–Kier alpha value is -0.850. The number of hydrogen-bond donors (Lipinski definition) is 1. The molecule has 0 unspecified atom stereocenters. The van der Waals surface area contributed by atoms with Gasteiger partial charge >= 0.3 is 6.18 Å². The summed E-state index contributed by atoms with van der Waals surface area (Å²) in [6.07, 6.45) is -2.79. The lowest BCUT2D eigenvalue weighted by Crippen LogP contribution is -2.31. The Morgan fingerprint density at radius 1 is 1.42 bits per heavy atom. The van der Waals surface area contributed by atoms with Gasteiger partial charge in [0.05, 0.1) is 0 Å². The molecule has 1 aromatic rings. The summed E-state index contributed by atoms with van der Waals surface area (Å²) < 4.78 is 37.5. The predicted octanol–water partition coefficient (Wildman–Crippen LogP) is 3.21. The molecular weight excluding hydrogens is 273 g/mol. The molecule has 0 bridgehead atoms. The molecule has 1 aromatic heterocycles. The lowest BCUT2D eigenvalue weighted by Gasteiger charge is -2.27. The largest absolute Gasteiger partial charge is 0.412 e. The van der Waals surface area contributed by atoms with Gasteiger partial charge in [0.2, 0.25) is 0 Å². The van der Waals surface area contributed by atoms with E-state index >= 15 is 0 Å². The molecule has 0 saturated heterocycles. The van der Waals surface area contributed by atoms with E-state index in [-0.39, 0.29) is 6.42 Å². The number of aryl methyl sites for hydroxylation is 1. The second kappa shape index (κ2) is 5.64. The van der Waals surface area contributed by atoms with Crippen molar-refractivity contribution in [3.05, 3.63) is 33.0 Å². The van der Waals surface area contributed by atoms with E-state index in [1.54, 1.807) is 11.3 Å². The summed E-state index contributed by atoms with van der Waals surface area (Å²) in [6.45, 7) is 4.06. The van der Waals surface area contributed by atoms with Gasteiger partial charge in [-0.2, -0.15) is 13.2 Å². The van der Waals surface area contributed by atoms with Crippen LogP contribution in [0.25, 0.3) is 0 Å². The van der Waals surface area contributed by atoms with Gasteiger partial charge in [-0.25, -0.2) is 0 Å². The number of nitrogens with zero attached hydrogens (tertiary/aromatic N) is 1. The second-order valence-corrected chi connectivity index (χ2v) is 6.05. The number of halogens is 3. The molecule has 2 heterocycles. The molecule has 1 aliphatic rings. The van der Waals surface area contributed by atoms with Crippen LogP contribution in [0, 0.1) is 6.92 Å². The van der Waals surface area contributed by atoms with Gasteiger partial charge in [-0.15, -0.1) is 11.3 Å². The Bertz CT molecular complexity index is 477. The van der Waals surface area contributed by atoms with Crippen LogP contribution in [0.15, 0.2) is 17.7 Å². The molecule has 2 nitrogen and oxygen atoms in total. The first-order chi connectivity index (χ1) is 8.90. The summed E-state index contributed by atoms with van der Waals surface area (Å²) in [5.41, 5.74) is 6.37. The summed E-state index contributed by atoms with van der Waals surface area (Å²) in [5.74, 6) is 0. The fraction of sp³-hybridized carbons (Fsp3) is 0.538. The van der Waals surface area contributed by atoms with Crippen molar-refractivity contribution >= 4 is 11.3 Å². The molecule has 0 amide bonds. The van der Waals surface area contributed by atoms with Gasteiger partial charge in [0, 0.05) is 41.5 Å². The monoisotopic (exact) mass is 290 g/mol. The van der Waals surface area contributed by atoms with Crippen molar-refractivity contribution in [2.75, 3.05) is 13.1 Å². The molecule has 2 rings (SSSR count). The first-order valence-electron chi connectivity index (χ1n) is 6.17. The van der Waals surface area contributed by atoms with Crippen LogP contribution in [0.5, 0.6) is 0 Å². The van der Waals surface area contributed by atoms with Crippen molar-refractivity contribution in [3.8, 4) is 0 Å². The van der Waals surface area contributed by atoms with E-state index in [2.05, 4.69) is 6.07 Å². The van der Waals surface area contributed by atoms with Crippen molar-refractivity contribution in [3.63, 3.8) is 0 Å². The number of alkyl halides is 3. The Morgan fingerprint density at radius 3 is 2.63 bits per heavy atom. The van der Waals surface area contributed by atoms with E-state index in [0.29, 0.717) is 26.2 Å². The van der Waals surface area contributed by atoms with E-state index in [9.17, 15) is 13.2 Å². The molecule has 0 fully saturated rings. The van der Waals surface area contributed by atoms with Gasteiger partial charge < -0.3 is 5.73 Å². The Morgan fingerprint density at radius 2 is 2.16 bits per heavy atom. The predicted molar refractivity (Wildman–Crippen MR) is 71.0 cm³/mol. The summed E-state index contributed by atoms with van der Waals surface area (Å²) in [4.78, 5) is 4.35. The second-order valence-electron chi connectivity index (χ2n) is 4.71. The molecule has 0 atom stereocenters. The van der Waals surface area contributed by atoms with Crippen molar-refractivity contribution in [1.82, 2.24) is 4.90 Å². The highest BCUT2D eigenvalue weighted by Gasteiger charge is 2.34. The zero-order chi connectivity index (χ0) is 14.0. The third-order valence-electron chi connectivity index (χ3n) is 3.32. The smallest absolute Gasteiger partial charge is 0.326 e. The highest BCUT2D eigenvalue weighted by Crippen LogP contribution is 2.31. The Kier molecular flexibility index (Phi) is 4.32. The van der Waals surface area contributed by atoms with Crippen LogP contribution >= 0.6 is 11.3 Å². The van der Waals surface area contributed by atoms with E-state index < -0.39 is 11.7 Å². The Labute approximate surface area is 114 Å². The van der Waals surface area contributed by atoms with Gasteiger partial charge in [-0.05, 0) is 25.0 Å². The van der Waals surface area contributed by atoms with E-state index in [4.69, 9.17) is 5.73 Å². The van der Waals surface area contributed by atoms with E-state index in [0.717, 1.165) is 4.88 Å². The van der Waals surface area contributed by atoms with Gasteiger partial charge in [0.1, 0.15) is 0 Å². The first-order valence-corrected chi connectivity index (χ1v) is 6.98. The SMILES string of the molecule is Cc1sc(CN)cc1CN1CC=C(C(F)(F)F)CC1. The molecular formula is C13H17F3N2S. The van der Waals surface area contributed by atoms with Crippen molar-refractivity contribution in [1.29, 1.82) is 0 Å². The highest BCUT2D eigenvalue weighted by atomic mass is 32.1. The average Bonchev–Trinajstić information content (AvgIpc) is 2.70. The summed E-state index contributed by atoms with van der Waals surface area (Å²) in [5, 5.41) is 0. The van der Waals surface area contributed by atoms with Crippen molar-refractivity contribution in [2.24, 2.45) is 5.73 Å². The molecule has 2 N–H and O–H groups in total. The lowest BCUT2D eigenvalue weighted by molar-refractivity contribution is -0.0960.